The van der Waals surface area contributed by atoms with E-state index in [1.165, 1.54) is 0 Å². The number of benzene rings is 1. The fourth-order valence-electron chi connectivity index (χ4n) is 1.21. The van der Waals surface area contributed by atoms with Crippen molar-refractivity contribution in [3.63, 3.8) is 0 Å². The summed E-state index contributed by atoms with van der Waals surface area (Å²) in [5.74, 6) is -1.85. The minimum atomic E-state index is -5.35. The summed E-state index contributed by atoms with van der Waals surface area (Å²) in [5, 5.41) is 0. The van der Waals surface area contributed by atoms with Gasteiger partial charge in [-0.25, -0.2) is 4.39 Å². The van der Waals surface area contributed by atoms with Crippen LogP contribution in [0, 0.1) is 5.82 Å². The molecule has 0 aliphatic carbocycles. The van der Waals surface area contributed by atoms with E-state index in [-0.39, 0.29) is 63.9 Å². The zero-order valence-electron chi connectivity index (χ0n) is 7.77. The summed E-state index contributed by atoms with van der Waals surface area (Å²) >= 11 is 0. The van der Waals surface area contributed by atoms with Crippen molar-refractivity contribution in [2.24, 2.45) is 0 Å². The number of ether oxygens (including phenoxy) is 2. The molecule has 0 spiro atoms. The molecule has 1 aromatic carbocycles. The van der Waals surface area contributed by atoms with Crippen molar-refractivity contribution in [1.82, 2.24) is 0 Å². The molecule has 2 nitrogen and oxygen atoms in total. The van der Waals surface area contributed by atoms with E-state index in [0.29, 0.717) is 6.07 Å². The minimum Gasteiger partial charge on any atom is -0.453 e. The van der Waals surface area contributed by atoms with Gasteiger partial charge in [-0.3, -0.25) is 0 Å². The first-order chi connectivity index (χ1) is 6.50. The Kier molecular flexibility index (Phi) is 4.10. The molecule has 0 aromatic heterocycles. The molecule has 76 valence electrons. The number of rotatable bonds is 1. The summed E-state index contributed by atoms with van der Waals surface area (Å²) in [6.07, 6.45) is 0. The van der Waals surface area contributed by atoms with E-state index in [0.717, 1.165) is 6.07 Å². The molecule has 1 aliphatic rings. The van der Waals surface area contributed by atoms with Gasteiger partial charge in [0.05, 0.1) is 0 Å². The van der Waals surface area contributed by atoms with Crippen molar-refractivity contribution in [1.29, 1.82) is 0 Å². The number of hydrogen-bond donors (Lipinski definition) is 0. The van der Waals surface area contributed by atoms with Gasteiger partial charge in [-0.05, 0) is 6.07 Å². The number of hydrogen-bond acceptors (Lipinski definition) is 2. The second kappa shape index (κ2) is 4.62. The van der Waals surface area contributed by atoms with Crippen molar-refractivity contribution in [2.45, 2.75) is 0 Å². The van der Waals surface area contributed by atoms with Crippen LogP contribution in [0.4, 0.5) is 17.3 Å². The maximum atomic E-state index is 13.2. The molecule has 1 aliphatic heterocycles. The largest absolute Gasteiger partial charge is 1.00 e. The Morgan fingerprint density at radius 1 is 1.13 bits per heavy atom. The summed E-state index contributed by atoms with van der Waals surface area (Å²) in [6.45, 7) is -5.60. The van der Waals surface area contributed by atoms with Crippen LogP contribution in [0.3, 0.4) is 0 Å². The average Bonchev–Trinajstić information content (AvgIpc) is 2.50. The summed E-state index contributed by atoms with van der Waals surface area (Å²) in [6, 6.07) is 1.71. The van der Waals surface area contributed by atoms with Gasteiger partial charge >= 0.3 is 58.4 Å². The van der Waals surface area contributed by atoms with Gasteiger partial charge in [0.15, 0.2) is 11.5 Å². The topological polar surface area (TPSA) is 18.5 Å². The smallest absolute Gasteiger partial charge is 0.453 e. The molecular formula is C7H4BF4KO2. The van der Waals surface area contributed by atoms with E-state index in [1.807, 2.05) is 0 Å². The zero-order valence-corrected chi connectivity index (χ0v) is 10.9. The van der Waals surface area contributed by atoms with Gasteiger partial charge in [0.25, 0.3) is 0 Å². The van der Waals surface area contributed by atoms with Crippen LogP contribution in [0.1, 0.15) is 0 Å². The molecule has 0 amide bonds. The molecule has 0 radical (unpaired) electrons. The van der Waals surface area contributed by atoms with Crippen LogP contribution < -0.4 is 66.3 Å². The third kappa shape index (κ3) is 2.50. The van der Waals surface area contributed by atoms with Gasteiger partial charge in [0.2, 0.25) is 6.79 Å². The third-order valence-electron chi connectivity index (χ3n) is 1.86. The van der Waals surface area contributed by atoms with Crippen molar-refractivity contribution >= 4 is 12.4 Å². The Morgan fingerprint density at radius 2 is 1.80 bits per heavy atom. The first-order valence-corrected chi connectivity index (χ1v) is 3.78. The SMILES string of the molecule is Fc1c([B-](F)(F)F)ccc2c1OCO2.[K+]. The quantitative estimate of drug-likeness (QED) is 0.449. The second-order valence-electron chi connectivity index (χ2n) is 2.78. The summed E-state index contributed by atoms with van der Waals surface area (Å²) in [4.78, 5) is 0. The van der Waals surface area contributed by atoms with Gasteiger partial charge in [0.1, 0.15) is 5.82 Å². The Morgan fingerprint density at radius 3 is 2.40 bits per heavy atom. The molecule has 0 bridgehead atoms. The van der Waals surface area contributed by atoms with E-state index >= 15 is 0 Å². The molecule has 0 atom stereocenters. The first-order valence-electron chi connectivity index (χ1n) is 3.78. The van der Waals surface area contributed by atoms with Crippen molar-refractivity contribution < 1.29 is 78.2 Å². The van der Waals surface area contributed by atoms with Crippen LogP contribution in [-0.2, 0) is 0 Å². The van der Waals surface area contributed by atoms with E-state index in [2.05, 4.69) is 4.74 Å². The number of fused-ring (bicyclic) bond motifs is 1. The van der Waals surface area contributed by atoms with Crippen LogP contribution in [0.5, 0.6) is 11.5 Å². The van der Waals surface area contributed by atoms with Crippen molar-refractivity contribution in [3.8, 4) is 11.5 Å². The van der Waals surface area contributed by atoms with E-state index in [9.17, 15) is 17.3 Å². The van der Waals surface area contributed by atoms with Crippen LogP contribution >= 0.6 is 0 Å². The van der Waals surface area contributed by atoms with Gasteiger partial charge in [-0.15, -0.1) is 0 Å². The maximum absolute atomic E-state index is 13.2. The van der Waals surface area contributed by atoms with Gasteiger partial charge in [-0.2, -0.15) is 0 Å². The number of halogens is 4. The molecule has 0 N–H and O–H groups in total. The normalized spacial score (nSPS) is 13.6. The molecular weight excluding hydrogens is 242 g/mol. The van der Waals surface area contributed by atoms with Crippen LogP contribution in [0.15, 0.2) is 12.1 Å². The fourth-order valence-corrected chi connectivity index (χ4v) is 1.21. The second-order valence-corrected chi connectivity index (χ2v) is 2.78. The Hall–Kier alpha value is 0.241. The molecule has 0 saturated carbocycles. The molecule has 0 fully saturated rings. The zero-order chi connectivity index (χ0) is 10.3. The molecule has 8 heteroatoms. The van der Waals surface area contributed by atoms with Crippen LogP contribution in [0.25, 0.3) is 0 Å². The molecule has 0 unspecified atom stereocenters. The third-order valence-corrected chi connectivity index (χ3v) is 1.86. The van der Waals surface area contributed by atoms with Crippen LogP contribution in [-0.4, -0.2) is 13.8 Å². The van der Waals surface area contributed by atoms with Crippen molar-refractivity contribution in [3.05, 3.63) is 17.9 Å². The van der Waals surface area contributed by atoms with E-state index in [4.69, 9.17) is 4.74 Å². The molecule has 15 heavy (non-hydrogen) atoms. The molecule has 1 heterocycles. The first kappa shape index (κ1) is 13.3. The van der Waals surface area contributed by atoms with Gasteiger partial charge in [-0.1, -0.05) is 11.5 Å². The minimum absolute atomic E-state index is 0. The standard InChI is InChI=1S/C7H4BF4O2.K/c9-6-4(8(10,11)12)1-2-5-7(6)14-3-13-5;/h1-2H,3H2;/q-1;+1. The summed E-state index contributed by atoms with van der Waals surface area (Å²) < 4.78 is 59.2. The Bertz CT molecular complexity index is 382. The van der Waals surface area contributed by atoms with Gasteiger partial charge < -0.3 is 22.4 Å². The monoisotopic (exact) mass is 246 g/mol. The predicted octanol–water partition coefficient (Wildman–Crippen LogP) is -1.39. The predicted molar refractivity (Wildman–Crippen MR) is 41.2 cm³/mol. The maximum Gasteiger partial charge on any atom is 1.00 e. The Labute approximate surface area is 125 Å². The fraction of sp³-hybridized carbons (Fsp3) is 0.143. The van der Waals surface area contributed by atoms with E-state index < -0.39 is 24.0 Å². The summed E-state index contributed by atoms with van der Waals surface area (Å²) in [5.41, 5.74) is -1.28. The molecule has 0 saturated heterocycles. The van der Waals surface area contributed by atoms with Gasteiger partial charge in [0, 0.05) is 0 Å². The van der Waals surface area contributed by atoms with Crippen molar-refractivity contribution in [2.75, 3.05) is 6.79 Å². The van der Waals surface area contributed by atoms with Crippen LogP contribution in [0.2, 0.25) is 0 Å². The average molecular weight is 246 g/mol. The summed E-state index contributed by atoms with van der Waals surface area (Å²) in [7, 11) is 0. The molecule has 1 aromatic rings. The molecule has 2 rings (SSSR count). The van der Waals surface area contributed by atoms with E-state index in [1.54, 1.807) is 0 Å². The Balaban J connectivity index is 0.00000112.